The van der Waals surface area contributed by atoms with Gasteiger partial charge in [-0.25, -0.2) is 4.79 Å². The molecule has 0 heterocycles. The molecule has 1 aromatic carbocycles. The summed E-state index contributed by atoms with van der Waals surface area (Å²) in [5.74, 6) is -0.659. The fraction of sp³-hybridized carbons (Fsp3) is 0.462. The van der Waals surface area contributed by atoms with E-state index in [1.54, 1.807) is 12.1 Å². The van der Waals surface area contributed by atoms with E-state index >= 15 is 0 Å². The van der Waals surface area contributed by atoms with Crippen LogP contribution in [0.4, 0.5) is 5.69 Å². The molecule has 5 N–H and O–H groups in total. The first-order chi connectivity index (χ1) is 8.56. The Kier molecular flexibility index (Phi) is 3.72. The van der Waals surface area contributed by atoms with E-state index in [0.717, 1.165) is 25.7 Å². The number of hydrogen-bond acceptors (Lipinski definition) is 4. The van der Waals surface area contributed by atoms with Crippen LogP contribution >= 0.6 is 0 Å². The Morgan fingerprint density at radius 2 is 2.17 bits per heavy atom. The van der Waals surface area contributed by atoms with E-state index < -0.39 is 5.97 Å². The summed E-state index contributed by atoms with van der Waals surface area (Å²) >= 11 is 0. The molecule has 2 atom stereocenters. The molecular formula is C13H18N2O3. The summed E-state index contributed by atoms with van der Waals surface area (Å²) < 4.78 is 5.76. The number of nitrogen functional groups attached to an aromatic ring is 1. The molecular weight excluding hydrogens is 232 g/mol. The standard InChI is InChI=1S/C13H18N2O3/c14-8-2-1-3-10(6-8)18-12-5-4-9(15)7-11(12)13(16)17/h4-5,7-8,10H,1-3,6,14-15H2,(H,16,17). The van der Waals surface area contributed by atoms with Crippen molar-refractivity contribution in [2.24, 2.45) is 5.73 Å². The average Bonchev–Trinajstić information content (AvgIpc) is 2.31. The van der Waals surface area contributed by atoms with Gasteiger partial charge in [-0.1, -0.05) is 0 Å². The third-order valence-electron chi connectivity index (χ3n) is 3.19. The van der Waals surface area contributed by atoms with Gasteiger partial charge >= 0.3 is 5.97 Å². The van der Waals surface area contributed by atoms with E-state index in [-0.39, 0.29) is 17.7 Å². The molecule has 0 aromatic heterocycles. The van der Waals surface area contributed by atoms with Gasteiger partial charge in [-0.2, -0.15) is 0 Å². The Morgan fingerprint density at radius 1 is 1.39 bits per heavy atom. The van der Waals surface area contributed by atoms with E-state index in [2.05, 4.69) is 0 Å². The van der Waals surface area contributed by atoms with Crippen LogP contribution in [0.5, 0.6) is 5.75 Å². The van der Waals surface area contributed by atoms with Crippen molar-refractivity contribution in [2.75, 3.05) is 5.73 Å². The van der Waals surface area contributed by atoms with Crippen molar-refractivity contribution in [2.45, 2.75) is 37.8 Å². The van der Waals surface area contributed by atoms with E-state index in [1.165, 1.54) is 6.07 Å². The second-order valence-electron chi connectivity index (χ2n) is 4.73. The molecule has 2 rings (SSSR count). The van der Waals surface area contributed by atoms with Gasteiger partial charge in [0.2, 0.25) is 0 Å². The lowest BCUT2D eigenvalue weighted by molar-refractivity contribution is 0.0685. The molecule has 1 aliphatic rings. The number of anilines is 1. The molecule has 0 radical (unpaired) electrons. The van der Waals surface area contributed by atoms with E-state index in [9.17, 15) is 4.79 Å². The Labute approximate surface area is 106 Å². The third-order valence-corrected chi connectivity index (χ3v) is 3.19. The fourth-order valence-corrected chi connectivity index (χ4v) is 2.29. The minimum Gasteiger partial charge on any atom is -0.489 e. The molecule has 2 unspecified atom stereocenters. The number of nitrogens with two attached hydrogens (primary N) is 2. The number of rotatable bonds is 3. The predicted octanol–water partition coefficient (Wildman–Crippen LogP) is 1.62. The lowest BCUT2D eigenvalue weighted by Gasteiger charge is -2.27. The van der Waals surface area contributed by atoms with Gasteiger partial charge in [0.1, 0.15) is 17.4 Å². The summed E-state index contributed by atoms with van der Waals surface area (Å²) in [5.41, 5.74) is 12.0. The van der Waals surface area contributed by atoms with Crippen molar-refractivity contribution in [3.8, 4) is 5.75 Å². The zero-order valence-electron chi connectivity index (χ0n) is 10.1. The quantitative estimate of drug-likeness (QED) is 0.708. The van der Waals surface area contributed by atoms with Crippen LogP contribution < -0.4 is 16.2 Å². The number of carboxylic acids is 1. The summed E-state index contributed by atoms with van der Waals surface area (Å²) in [5, 5.41) is 9.11. The molecule has 1 aromatic rings. The molecule has 18 heavy (non-hydrogen) atoms. The fourth-order valence-electron chi connectivity index (χ4n) is 2.29. The van der Waals surface area contributed by atoms with Crippen LogP contribution in [-0.4, -0.2) is 23.2 Å². The summed E-state index contributed by atoms with van der Waals surface area (Å²) in [4.78, 5) is 11.1. The lowest BCUT2D eigenvalue weighted by atomic mass is 9.93. The van der Waals surface area contributed by atoms with Crippen LogP contribution in [0.2, 0.25) is 0 Å². The van der Waals surface area contributed by atoms with Gasteiger partial charge < -0.3 is 21.3 Å². The maximum atomic E-state index is 11.1. The molecule has 5 heteroatoms. The van der Waals surface area contributed by atoms with Gasteiger partial charge in [0.25, 0.3) is 0 Å². The Morgan fingerprint density at radius 3 is 2.83 bits per heavy atom. The summed E-state index contributed by atoms with van der Waals surface area (Å²) in [6.07, 6.45) is 3.70. The van der Waals surface area contributed by atoms with Crippen molar-refractivity contribution in [1.82, 2.24) is 0 Å². The highest BCUT2D eigenvalue weighted by Gasteiger charge is 2.22. The highest BCUT2D eigenvalue weighted by molar-refractivity contribution is 5.92. The van der Waals surface area contributed by atoms with Gasteiger partial charge in [0.05, 0.1) is 0 Å². The van der Waals surface area contributed by atoms with Crippen molar-refractivity contribution in [3.05, 3.63) is 23.8 Å². The molecule has 1 fully saturated rings. The zero-order valence-corrected chi connectivity index (χ0v) is 10.1. The minimum absolute atomic E-state index is 0.00419. The van der Waals surface area contributed by atoms with E-state index in [4.69, 9.17) is 21.3 Å². The highest BCUT2D eigenvalue weighted by Crippen LogP contribution is 2.27. The first-order valence-corrected chi connectivity index (χ1v) is 6.11. The first kappa shape index (κ1) is 12.7. The molecule has 1 saturated carbocycles. The largest absolute Gasteiger partial charge is 0.489 e. The van der Waals surface area contributed by atoms with E-state index in [1.807, 2.05) is 0 Å². The smallest absolute Gasteiger partial charge is 0.339 e. The lowest BCUT2D eigenvalue weighted by Crippen LogP contribution is -2.34. The van der Waals surface area contributed by atoms with Crippen LogP contribution in [0.1, 0.15) is 36.0 Å². The maximum Gasteiger partial charge on any atom is 0.339 e. The molecule has 98 valence electrons. The number of ether oxygens (including phenoxy) is 1. The Balaban J connectivity index is 2.15. The van der Waals surface area contributed by atoms with Gasteiger partial charge in [-0.3, -0.25) is 0 Å². The molecule has 0 saturated heterocycles. The summed E-state index contributed by atoms with van der Waals surface area (Å²) in [6.45, 7) is 0. The Hall–Kier alpha value is -1.75. The van der Waals surface area contributed by atoms with Crippen LogP contribution in [0.3, 0.4) is 0 Å². The Bertz CT molecular complexity index is 448. The summed E-state index contributed by atoms with van der Waals surface area (Å²) in [7, 11) is 0. The normalized spacial score (nSPS) is 23.6. The number of hydrogen-bond donors (Lipinski definition) is 3. The predicted molar refractivity (Wildman–Crippen MR) is 68.7 cm³/mol. The summed E-state index contributed by atoms with van der Waals surface area (Å²) in [6, 6.07) is 4.81. The SMILES string of the molecule is Nc1ccc(OC2CCCC(N)C2)c(C(=O)O)c1. The first-order valence-electron chi connectivity index (χ1n) is 6.11. The molecule has 1 aliphatic carbocycles. The van der Waals surface area contributed by atoms with Gasteiger partial charge in [0.15, 0.2) is 0 Å². The second-order valence-corrected chi connectivity index (χ2v) is 4.73. The van der Waals surface area contributed by atoms with Crippen molar-refractivity contribution >= 4 is 11.7 Å². The van der Waals surface area contributed by atoms with Crippen LogP contribution in [0, 0.1) is 0 Å². The second kappa shape index (κ2) is 5.27. The third kappa shape index (κ3) is 2.92. The zero-order chi connectivity index (χ0) is 13.1. The topological polar surface area (TPSA) is 98.6 Å². The van der Waals surface area contributed by atoms with Crippen molar-refractivity contribution in [3.63, 3.8) is 0 Å². The van der Waals surface area contributed by atoms with Gasteiger partial charge in [-0.05, 0) is 43.9 Å². The molecule has 0 spiro atoms. The number of benzene rings is 1. The van der Waals surface area contributed by atoms with Crippen molar-refractivity contribution in [1.29, 1.82) is 0 Å². The monoisotopic (exact) mass is 250 g/mol. The van der Waals surface area contributed by atoms with Crippen molar-refractivity contribution < 1.29 is 14.6 Å². The molecule has 5 nitrogen and oxygen atoms in total. The molecule has 0 bridgehead atoms. The van der Waals surface area contributed by atoms with Gasteiger partial charge in [-0.15, -0.1) is 0 Å². The highest BCUT2D eigenvalue weighted by atomic mass is 16.5. The number of carboxylic acid groups (broad SMARTS) is 1. The number of carbonyl (C=O) groups is 1. The molecule has 0 amide bonds. The van der Waals surface area contributed by atoms with Crippen LogP contribution in [0.15, 0.2) is 18.2 Å². The minimum atomic E-state index is -1.03. The van der Waals surface area contributed by atoms with Crippen LogP contribution in [0.25, 0.3) is 0 Å². The average molecular weight is 250 g/mol. The number of aromatic carboxylic acids is 1. The van der Waals surface area contributed by atoms with E-state index in [0.29, 0.717) is 11.4 Å². The van der Waals surface area contributed by atoms with Crippen LogP contribution in [-0.2, 0) is 0 Å². The van der Waals surface area contributed by atoms with Gasteiger partial charge in [0, 0.05) is 11.7 Å². The molecule has 0 aliphatic heterocycles. The maximum absolute atomic E-state index is 11.1.